The molecule has 0 bridgehead atoms. The molecule has 18 heavy (non-hydrogen) atoms. The summed E-state index contributed by atoms with van der Waals surface area (Å²) in [4.78, 5) is 4.48. The van der Waals surface area contributed by atoms with E-state index in [2.05, 4.69) is 4.98 Å². The molecule has 4 nitrogen and oxygen atoms in total. The molecule has 2 aromatic rings. The van der Waals surface area contributed by atoms with Crippen LogP contribution in [0.3, 0.4) is 0 Å². The molecular formula is C14H17NO3. The number of ether oxygens (including phenoxy) is 2. The highest BCUT2D eigenvalue weighted by Gasteiger charge is 2.16. The second-order valence-corrected chi connectivity index (χ2v) is 4.22. The topological polar surface area (TPSA) is 51.6 Å². The summed E-state index contributed by atoms with van der Waals surface area (Å²) in [5, 5.41) is 10.7. The van der Waals surface area contributed by atoms with Gasteiger partial charge in [0.05, 0.1) is 25.7 Å². The highest BCUT2D eigenvalue weighted by atomic mass is 16.5. The van der Waals surface area contributed by atoms with Crippen LogP contribution in [0.1, 0.15) is 24.3 Å². The summed E-state index contributed by atoms with van der Waals surface area (Å²) in [5.41, 5.74) is 2.35. The Morgan fingerprint density at radius 1 is 1.17 bits per heavy atom. The minimum Gasteiger partial charge on any atom is -0.496 e. The zero-order valence-corrected chi connectivity index (χ0v) is 11.0. The van der Waals surface area contributed by atoms with Gasteiger partial charge >= 0.3 is 0 Å². The van der Waals surface area contributed by atoms with Crippen molar-refractivity contribution in [2.75, 3.05) is 14.2 Å². The summed E-state index contributed by atoms with van der Waals surface area (Å²) in [6.07, 6.45) is -0.586. The fraction of sp³-hybridized carbons (Fsp3) is 0.357. The van der Waals surface area contributed by atoms with Gasteiger partial charge in [0.15, 0.2) is 0 Å². The average molecular weight is 247 g/mol. The van der Waals surface area contributed by atoms with Crippen molar-refractivity contribution in [1.29, 1.82) is 0 Å². The number of hydrogen-bond donors (Lipinski definition) is 1. The van der Waals surface area contributed by atoms with Crippen molar-refractivity contribution in [1.82, 2.24) is 4.98 Å². The maximum Gasteiger partial charge on any atom is 0.145 e. The first-order chi connectivity index (χ1) is 8.58. The van der Waals surface area contributed by atoms with E-state index in [1.165, 1.54) is 0 Å². The third kappa shape index (κ3) is 1.99. The Labute approximate surface area is 106 Å². The van der Waals surface area contributed by atoms with E-state index in [9.17, 15) is 5.11 Å². The summed E-state index contributed by atoms with van der Waals surface area (Å²) >= 11 is 0. The van der Waals surface area contributed by atoms with E-state index in [1.807, 2.05) is 25.1 Å². The van der Waals surface area contributed by atoms with Crippen LogP contribution in [0.2, 0.25) is 0 Å². The zero-order valence-electron chi connectivity index (χ0n) is 11.0. The maximum absolute atomic E-state index is 9.85. The SMILES string of the molecule is COc1ccc(C(C)O)c2c(OC)cc(C)nc12. The van der Waals surface area contributed by atoms with Gasteiger partial charge < -0.3 is 14.6 Å². The number of fused-ring (bicyclic) bond motifs is 1. The number of aliphatic hydroxyl groups excluding tert-OH is 1. The Bertz CT molecular complexity index is 579. The molecule has 0 aliphatic carbocycles. The second kappa shape index (κ2) is 4.82. The van der Waals surface area contributed by atoms with Crippen molar-refractivity contribution in [3.8, 4) is 11.5 Å². The maximum atomic E-state index is 9.85. The molecule has 0 spiro atoms. The van der Waals surface area contributed by atoms with Gasteiger partial charge in [-0.05, 0) is 25.5 Å². The normalized spacial score (nSPS) is 12.5. The Balaban J connectivity index is 2.90. The van der Waals surface area contributed by atoms with Crippen molar-refractivity contribution in [2.45, 2.75) is 20.0 Å². The van der Waals surface area contributed by atoms with E-state index in [1.54, 1.807) is 21.1 Å². The Morgan fingerprint density at radius 3 is 2.39 bits per heavy atom. The van der Waals surface area contributed by atoms with Gasteiger partial charge in [-0.1, -0.05) is 6.07 Å². The van der Waals surface area contributed by atoms with Crippen molar-refractivity contribution in [2.24, 2.45) is 0 Å². The van der Waals surface area contributed by atoms with Gasteiger partial charge in [-0.15, -0.1) is 0 Å². The molecule has 2 rings (SSSR count). The van der Waals surface area contributed by atoms with Crippen molar-refractivity contribution in [3.63, 3.8) is 0 Å². The van der Waals surface area contributed by atoms with E-state index >= 15 is 0 Å². The largest absolute Gasteiger partial charge is 0.496 e. The van der Waals surface area contributed by atoms with Gasteiger partial charge in [-0.25, -0.2) is 4.98 Å². The molecule has 1 atom stereocenters. The zero-order chi connectivity index (χ0) is 13.3. The van der Waals surface area contributed by atoms with Crippen molar-refractivity contribution in [3.05, 3.63) is 29.5 Å². The lowest BCUT2D eigenvalue weighted by molar-refractivity contribution is 0.200. The highest BCUT2D eigenvalue weighted by Crippen LogP contribution is 2.36. The van der Waals surface area contributed by atoms with Crippen LogP contribution in [-0.2, 0) is 0 Å². The number of rotatable bonds is 3. The molecule has 0 amide bonds. The van der Waals surface area contributed by atoms with Crippen LogP contribution in [0.5, 0.6) is 11.5 Å². The first-order valence-electron chi connectivity index (χ1n) is 5.78. The summed E-state index contributed by atoms with van der Waals surface area (Å²) in [7, 11) is 3.22. The molecule has 1 aromatic carbocycles. The van der Waals surface area contributed by atoms with Crippen LogP contribution in [0.25, 0.3) is 10.9 Å². The molecule has 0 fully saturated rings. The molecule has 0 saturated carbocycles. The fourth-order valence-electron chi connectivity index (χ4n) is 2.10. The van der Waals surface area contributed by atoms with Gasteiger partial charge in [0, 0.05) is 11.8 Å². The number of nitrogens with zero attached hydrogens (tertiary/aromatic N) is 1. The Hall–Kier alpha value is -1.81. The van der Waals surface area contributed by atoms with Gasteiger partial charge in [-0.2, -0.15) is 0 Å². The van der Waals surface area contributed by atoms with E-state index < -0.39 is 6.10 Å². The second-order valence-electron chi connectivity index (χ2n) is 4.22. The van der Waals surface area contributed by atoms with Crippen molar-refractivity contribution < 1.29 is 14.6 Å². The lowest BCUT2D eigenvalue weighted by atomic mass is 10.0. The molecule has 0 radical (unpaired) electrons. The van der Waals surface area contributed by atoms with E-state index in [-0.39, 0.29) is 0 Å². The molecular weight excluding hydrogens is 230 g/mol. The summed E-state index contributed by atoms with van der Waals surface area (Å²) in [6.45, 7) is 3.62. The third-order valence-electron chi connectivity index (χ3n) is 2.94. The third-order valence-corrected chi connectivity index (χ3v) is 2.94. The monoisotopic (exact) mass is 247 g/mol. The van der Waals surface area contributed by atoms with E-state index in [0.717, 1.165) is 16.6 Å². The smallest absolute Gasteiger partial charge is 0.145 e. The molecule has 1 unspecified atom stereocenters. The summed E-state index contributed by atoms with van der Waals surface area (Å²) in [6, 6.07) is 5.51. The van der Waals surface area contributed by atoms with E-state index in [0.29, 0.717) is 17.0 Å². The number of hydrogen-bond acceptors (Lipinski definition) is 4. The standard InChI is InChI=1S/C14H17NO3/c1-8-7-12(18-4)13-10(9(2)16)5-6-11(17-3)14(13)15-8/h5-7,9,16H,1-4H3. The lowest BCUT2D eigenvalue weighted by Gasteiger charge is -2.15. The van der Waals surface area contributed by atoms with Gasteiger partial charge in [0.2, 0.25) is 0 Å². The quantitative estimate of drug-likeness (QED) is 0.905. The number of aromatic nitrogens is 1. The molecule has 1 heterocycles. The average Bonchev–Trinajstić information content (AvgIpc) is 2.35. The van der Waals surface area contributed by atoms with Crippen molar-refractivity contribution >= 4 is 10.9 Å². The Morgan fingerprint density at radius 2 is 1.83 bits per heavy atom. The predicted octanol–water partition coefficient (Wildman–Crippen LogP) is 2.61. The first kappa shape index (κ1) is 12.6. The van der Waals surface area contributed by atoms with Crippen LogP contribution >= 0.6 is 0 Å². The number of aryl methyl sites for hydroxylation is 1. The lowest BCUT2D eigenvalue weighted by Crippen LogP contribution is -1.99. The fourth-order valence-corrected chi connectivity index (χ4v) is 2.10. The summed E-state index contributed by atoms with van der Waals surface area (Å²) in [5.74, 6) is 1.38. The minimum atomic E-state index is -0.586. The van der Waals surface area contributed by atoms with E-state index in [4.69, 9.17) is 9.47 Å². The molecule has 4 heteroatoms. The molecule has 0 aliphatic rings. The molecule has 1 aromatic heterocycles. The summed E-state index contributed by atoms with van der Waals surface area (Å²) < 4.78 is 10.7. The number of benzene rings is 1. The Kier molecular flexibility index (Phi) is 3.39. The number of pyridine rings is 1. The van der Waals surface area contributed by atoms with Crippen LogP contribution in [-0.4, -0.2) is 24.3 Å². The van der Waals surface area contributed by atoms with Crippen LogP contribution in [0, 0.1) is 6.92 Å². The van der Waals surface area contributed by atoms with Crippen LogP contribution in [0.15, 0.2) is 18.2 Å². The van der Waals surface area contributed by atoms with Gasteiger partial charge in [0.25, 0.3) is 0 Å². The highest BCUT2D eigenvalue weighted by molar-refractivity contribution is 5.93. The predicted molar refractivity (Wildman–Crippen MR) is 70.2 cm³/mol. The molecule has 0 saturated heterocycles. The van der Waals surface area contributed by atoms with Gasteiger partial charge in [-0.3, -0.25) is 0 Å². The minimum absolute atomic E-state index is 0.586. The first-order valence-corrected chi connectivity index (χ1v) is 5.78. The van der Waals surface area contributed by atoms with Gasteiger partial charge in [0.1, 0.15) is 17.0 Å². The van der Waals surface area contributed by atoms with Crippen LogP contribution < -0.4 is 9.47 Å². The molecule has 1 N–H and O–H groups in total. The molecule has 0 aliphatic heterocycles. The molecule has 96 valence electrons. The number of aliphatic hydroxyl groups is 1. The van der Waals surface area contributed by atoms with Crippen LogP contribution in [0.4, 0.5) is 0 Å². The number of methoxy groups -OCH3 is 2.